The van der Waals surface area contributed by atoms with Crippen LogP contribution < -0.4 is 4.74 Å². The van der Waals surface area contributed by atoms with Gasteiger partial charge in [0.25, 0.3) is 0 Å². The van der Waals surface area contributed by atoms with Crippen molar-refractivity contribution >= 4 is 27.3 Å². The van der Waals surface area contributed by atoms with E-state index < -0.39 is 0 Å². The molecular weight excluding hydrogens is 274 g/mol. The molecule has 0 fully saturated rings. The predicted molar refractivity (Wildman–Crippen MR) is 66.4 cm³/mol. The van der Waals surface area contributed by atoms with Crippen LogP contribution in [0.2, 0.25) is 0 Å². The van der Waals surface area contributed by atoms with Gasteiger partial charge in [0.15, 0.2) is 0 Å². The topological polar surface area (TPSA) is 22.1 Å². The summed E-state index contributed by atoms with van der Waals surface area (Å²) in [4.78, 5) is 4.29. The number of rotatable bonds is 3. The second-order valence-electron chi connectivity index (χ2n) is 2.93. The van der Waals surface area contributed by atoms with E-state index in [1.165, 1.54) is 0 Å². The normalized spacial score (nSPS) is 10.3. The highest BCUT2D eigenvalue weighted by atomic mass is 79.9. The van der Waals surface area contributed by atoms with E-state index in [1.54, 1.807) is 11.3 Å². The Labute approximate surface area is 101 Å². The van der Waals surface area contributed by atoms with Crippen LogP contribution >= 0.6 is 27.3 Å². The number of benzene rings is 1. The smallest absolute Gasteiger partial charge is 0.119 e. The lowest BCUT2D eigenvalue weighted by atomic mass is 10.2. The molecule has 0 unspecified atom stereocenters. The molecule has 0 bridgehead atoms. The molecule has 0 spiro atoms. The molecule has 78 valence electrons. The lowest BCUT2D eigenvalue weighted by Crippen LogP contribution is -1.90. The Hall–Kier alpha value is -0.870. The molecule has 4 heteroatoms. The summed E-state index contributed by atoms with van der Waals surface area (Å²) >= 11 is 5.07. The van der Waals surface area contributed by atoms with E-state index in [9.17, 15) is 0 Å². The number of hydrogen-bond donors (Lipinski definition) is 0. The van der Waals surface area contributed by atoms with Gasteiger partial charge in [-0.2, -0.15) is 0 Å². The van der Waals surface area contributed by atoms with E-state index in [0.29, 0.717) is 6.61 Å². The SMILES string of the molecule is CCOc1ccc(-c2ncsc2Br)cc1. The third-order valence-corrected chi connectivity index (χ3v) is 3.51. The third kappa shape index (κ3) is 2.38. The fourth-order valence-electron chi connectivity index (χ4n) is 1.30. The molecule has 2 aromatic rings. The van der Waals surface area contributed by atoms with Gasteiger partial charge in [0, 0.05) is 5.56 Å². The summed E-state index contributed by atoms with van der Waals surface area (Å²) in [5.74, 6) is 0.896. The first kappa shape index (κ1) is 10.6. The van der Waals surface area contributed by atoms with Crippen molar-refractivity contribution in [1.29, 1.82) is 0 Å². The van der Waals surface area contributed by atoms with Gasteiger partial charge in [-0.3, -0.25) is 0 Å². The monoisotopic (exact) mass is 283 g/mol. The zero-order chi connectivity index (χ0) is 10.7. The van der Waals surface area contributed by atoms with Gasteiger partial charge in [0.1, 0.15) is 5.75 Å². The number of hydrogen-bond acceptors (Lipinski definition) is 3. The fraction of sp³-hybridized carbons (Fsp3) is 0.182. The van der Waals surface area contributed by atoms with Crippen molar-refractivity contribution < 1.29 is 4.74 Å². The van der Waals surface area contributed by atoms with E-state index in [4.69, 9.17) is 4.74 Å². The highest BCUT2D eigenvalue weighted by molar-refractivity contribution is 9.11. The molecule has 15 heavy (non-hydrogen) atoms. The minimum Gasteiger partial charge on any atom is -0.494 e. The summed E-state index contributed by atoms with van der Waals surface area (Å²) in [6.45, 7) is 2.67. The van der Waals surface area contributed by atoms with Crippen LogP contribution in [-0.2, 0) is 0 Å². The number of nitrogens with zero attached hydrogens (tertiary/aromatic N) is 1. The van der Waals surface area contributed by atoms with Gasteiger partial charge in [0.2, 0.25) is 0 Å². The maximum atomic E-state index is 5.38. The molecule has 0 N–H and O–H groups in total. The Kier molecular flexibility index (Phi) is 3.38. The molecular formula is C11H10BrNOS. The number of ether oxygens (including phenoxy) is 1. The maximum absolute atomic E-state index is 5.38. The van der Waals surface area contributed by atoms with Crippen LogP contribution in [0.3, 0.4) is 0 Å². The van der Waals surface area contributed by atoms with Gasteiger partial charge < -0.3 is 4.74 Å². The molecule has 1 heterocycles. The van der Waals surface area contributed by atoms with Gasteiger partial charge in [-0.25, -0.2) is 4.98 Å². The number of thiazole rings is 1. The second kappa shape index (κ2) is 4.77. The lowest BCUT2D eigenvalue weighted by molar-refractivity contribution is 0.340. The highest BCUT2D eigenvalue weighted by Gasteiger charge is 2.05. The van der Waals surface area contributed by atoms with E-state index in [1.807, 2.05) is 36.7 Å². The Balaban J connectivity index is 2.28. The van der Waals surface area contributed by atoms with E-state index in [0.717, 1.165) is 20.8 Å². The van der Waals surface area contributed by atoms with E-state index in [-0.39, 0.29) is 0 Å². The minimum absolute atomic E-state index is 0.694. The summed E-state index contributed by atoms with van der Waals surface area (Å²) in [5, 5.41) is 0. The lowest BCUT2D eigenvalue weighted by Gasteiger charge is -2.03. The van der Waals surface area contributed by atoms with Crippen molar-refractivity contribution in [1.82, 2.24) is 4.98 Å². The first-order valence-electron chi connectivity index (χ1n) is 4.63. The van der Waals surface area contributed by atoms with E-state index in [2.05, 4.69) is 20.9 Å². The Bertz CT molecular complexity index is 438. The number of aromatic nitrogens is 1. The first-order valence-corrected chi connectivity index (χ1v) is 6.30. The molecule has 0 atom stereocenters. The summed E-state index contributed by atoms with van der Waals surface area (Å²) in [7, 11) is 0. The molecule has 0 saturated heterocycles. The van der Waals surface area contributed by atoms with Crippen LogP contribution in [0.4, 0.5) is 0 Å². The molecule has 0 radical (unpaired) electrons. The van der Waals surface area contributed by atoms with Gasteiger partial charge in [-0.15, -0.1) is 11.3 Å². The largest absolute Gasteiger partial charge is 0.494 e. The molecule has 0 aliphatic heterocycles. The Morgan fingerprint density at radius 2 is 2.07 bits per heavy atom. The van der Waals surface area contributed by atoms with Crippen LogP contribution in [0, 0.1) is 0 Å². The zero-order valence-electron chi connectivity index (χ0n) is 8.24. The van der Waals surface area contributed by atoms with Gasteiger partial charge in [-0.1, -0.05) is 0 Å². The average Bonchev–Trinajstić information content (AvgIpc) is 2.66. The summed E-state index contributed by atoms with van der Waals surface area (Å²) in [6.07, 6.45) is 0. The van der Waals surface area contributed by atoms with Gasteiger partial charge in [-0.05, 0) is 47.1 Å². The Morgan fingerprint density at radius 1 is 1.33 bits per heavy atom. The average molecular weight is 284 g/mol. The summed E-state index contributed by atoms with van der Waals surface area (Å²) in [5.41, 5.74) is 3.92. The van der Waals surface area contributed by atoms with Crippen molar-refractivity contribution in [3.8, 4) is 17.0 Å². The quantitative estimate of drug-likeness (QED) is 0.850. The second-order valence-corrected chi connectivity index (χ2v) is 5.10. The molecule has 2 nitrogen and oxygen atoms in total. The van der Waals surface area contributed by atoms with Crippen LogP contribution in [-0.4, -0.2) is 11.6 Å². The molecule has 0 aliphatic carbocycles. The molecule has 1 aromatic heterocycles. The number of halogens is 1. The third-order valence-electron chi connectivity index (χ3n) is 1.96. The maximum Gasteiger partial charge on any atom is 0.119 e. The Morgan fingerprint density at radius 3 is 2.60 bits per heavy atom. The molecule has 2 rings (SSSR count). The van der Waals surface area contributed by atoms with Gasteiger partial charge >= 0.3 is 0 Å². The predicted octanol–water partition coefficient (Wildman–Crippen LogP) is 3.97. The van der Waals surface area contributed by atoms with Crippen LogP contribution in [0.1, 0.15) is 6.92 Å². The van der Waals surface area contributed by atoms with Crippen molar-refractivity contribution in [3.05, 3.63) is 33.6 Å². The summed E-state index contributed by atoms with van der Waals surface area (Å²) < 4.78 is 6.44. The minimum atomic E-state index is 0.694. The molecule has 0 amide bonds. The van der Waals surface area contributed by atoms with Crippen LogP contribution in [0.25, 0.3) is 11.3 Å². The van der Waals surface area contributed by atoms with Crippen molar-refractivity contribution in [3.63, 3.8) is 0 Å². The van der Waals surface area contributed by atoms with Crippen molar-refractivity contribution in [2.24, 2.45) is 0 Å². The molecule has 0 aliphatic rings. The standard InChI is InChI=1S/C11H10BrNOS/c1-2-14-9-5-3-8(4-6-9)10-11(12)15-7-13-10/h3-7H,2H2,1H3. The van der Waals surface area contributed by atoms with Crippen LogP contribution in [0.15, 0.2) is 33.6 Å². The fourth-order valence-corrected chi connectivity index (χ4v) is 2.41. The first-order chi connectivity index (χ1) is 7.31. The highest BCUT2D eigenvalue weighted by Crippen LogP contribution is 2.30. The van der Waals surface area contributed by atoms with Crippen molar-refractivity contribution in [2.75, 3.05) is 6.61 Å². The van der Waals surface area contributed by atoms with E-state index >= 15 is 0 Å². The zero-order valence-corrected chi connectivity index (χ0v) is 10.6. The van der Waals surface area contributed by atoms with Gasteiger partial charge in [0.05, 0.1) is 21.6 Å². The van der Waals surface area contributed by atoms with Crippen LogP contribution in [0.5, 0.6) is 5.75 Å². The van der Waals surface area contributed by atoms with Crippen molar-refractivity contribution in [2.45, 2.75) is 6.92 Å². The summed E-state index contributed by atoms with van der Waals surface area (Å²) in [6, 6.07) is 7.96. The molecule has 1 aromatic carbocycles. The molecule has 0 saturated carbocycles.